The Morgan fingerprint density at radius 3 is 2.64 bits per heavy atom. The summed E-state index contributed by atoms with van der Waals surface area (Å²) in [5.74, 6) is -0.511. The fourth-order valence-electron chi connectivity index (χ4n) is 2.22. The molecule has 22 heavy (non-hydrogen) atoms. The molecular weight excluding hydrogens is 281 g/mol. The Balaban J connectivity index is 1.89. The third-order valence-electron chi connectivity index (χ3n) is 3.58. The molecule has 0 aliphatic heterocycles. The molecule has 0 heterocycles. The molecule has 2 N–H and O–H groups in total. The largest absolute Gasteiger partial charge is 0.392 e. The molecule has 0 aromatic heterocycles. The molecule has 0 aliphatic rings. The van der Waals surface area contributed by atoms with Crippen molar-refractivity contribution in [2.75, 3.05) is 5.32 Å². The Hall–Kier alpha value is -2.20. The van der Waals surface area contributed by atoms with Gasteiger partial charge in [0.1, 0.15) is 5.82 Å². The van der Waals surface area contributed by atoms with Crippen molar-refractivity contribution in [1.82, 2.24) is 0 Å². The number of aliphatic hydroxyl groups excluding tert-OH is 1. The summed E-state index contributed by atoms with van der Waals surface area (Å²) in [4.78, 5) is 12.2. The van der Waals surface area contributed by atoms with Crippen LogP contribution in [0, 0.1) is 11.7 Å². The lowest BCUT2D eigenvalue weighted by Crippen LogP contribution is -2.21. The second kappa shape index (κ2) is 7.71. The molecule has 1 amide bonds. The molecule has 0 aliphatic carbocycles. The first-order chi connectivity index (χ1) is 10.6. The van der Waals surface area contributed by atoms with Crippen LogP contribution in [0.15, 0.2) is 48.5 Å². The van der Waals surface area contributed by atoms with Gasteiger partial charge in [0.05, 0.1) is 6.61 Å². The van der Waals surface area contributed by atoms with Crippen molar-refractivity contribution in [3.63, 3.8) is 0 Å². The lowest BCUT2D eigenvalue weighted by atomic mass is 10.00. The zero-order valence-electron chi connectivity index (χ0n) is 12.6. The molecule has 1 atom stereocenters. The summed E-state index contributed by atoms with van der Waals surface area (Å²) in [6.45, 7) is 1.80. The minimum atomic E-state index is -0.254. The number of carbonyl (C=O) groups is 1. The maximum atomic E-state index is 13.1. The molecule has 2 aromatic rings. The topological polar surface area (TPSA) is 49.3 Å². The number of aliphatic hydroxyl groups is 1. The summed E-state index contributed by atoms with van der Waals surface area (Å²) < 4.78 is 13.1. The molecular formula is C18H20FNO2. The van der Waals surface area contributed by atoms with Crippen molar-refractivity contribution < 1.29 is 14.3 Å². The predicted molar refractivity (Wildman–Crippen MR) is 84.9 cm³/mol. The number of benzene rings is 2. The highest BCUT2D eigenvalue weighted by molar-refractivity contribution is 5.92. The number of anilines is 1. The van der Waals surface area contributed by atoms with Gasteiger partial charge >= 0.3 is 0 Å². The number of halogens is 1. The van der Waals surface area contributed by atoms with Crippen molar-refractivity contribution in [3.05, 3.63) is 65.5 Å². The zero-order chi connectivity index (χ0) is 15.9. The number of carbonyl (C=O) groups excluding carboxylic acids is 1. The van der Waals surface area contributed by atoms with Crippen LogP contribution in [0.4, 0.5) is 10.1 Å². The Bertz CT molecular complexity index is 642. The number of amides is 1. The average molecular weight is 301 g/mol. The normalized spacial score (nSPS) is 12.0. The quantitative estimate of drug-likeness (QED) is 0.857. The van der Waals surface area contributed by atoms with E-state index in [0.717, 1.165) is 11.1 Å². The first-order valence-corrected chi connectivity index (χ1v) is 7.33. The fourth-order valence-corrected chi connectivity index (χ4v) is 2.22. The summed E-state index contributed by atoms with van der Waals surface area (Å²) in [6.07, 6.45) is 1.30. The van der Waals surface area contributed by atoms with Crippen molar-refractivity contribution in [1.29, 1.82) is 0 Å². The molecule has 0 spiro atoms. The summed E-state index contributed by atoms with van der Waals surface area (Å²) in [5, 5.41) is 11.9. The summed E-state index contributed by atoms with van der Waals surface area (Å²) in [5.41, 5.74) is 2.32. The molecule has 0 saturated heterocycles. The van der Waals surface area contributed by atoms with Crippen LogP contribution in [0.2, 0.25) is 0 Å². The number of aryl methyl sites for hydroxylation is 1. The van der Waals surface area contributed by atoms with E-state index in [1.165, 1.54) is 12.1 Å². The van der Waals surface area contributed by atoms with Crippen LogP contribution in [-0.2, 0) is 17.8 Å². The van der Waals surface area contributed by atoms with Gasteiger partial charge in [-0.2, -0.15) is 0 Å². The zero-order valence-corrected chi connectivity index (χ0v) is 12.6. The van der Waals surface area contributed by atoms with E-state index < -0.39 is 0 Å². The minimum absolute atomic E-state index is 0.0567. The minimum Gasteiger partial charge on any atom is -0.392 e. The number of nitrogens with one attached hydrogen (secondary N) is 1. The molecule has 4 heteroatoms. The molecule has 3 nitrogen and oxygen atoms in total. The van der Waals surface area contributed by atoms with Crippen molar-refractivity contribution in [2.45, 2.75) is 26.4 Å². The lowest BCUT2D eigenvalue weighted by Gasteiger charge is -2.13. The number of hydrogen-bond acceptors (Lipinski definition) is 2. The van der Waals surface area contributed by atoms with Crippen LogP contribution in [0.5, 0.6) is 0 Å². The Labute approximate surface area is 129 Å². The third kappa shape index (κ3) is 4.67. The van der Waals surface area contributed by atoms with Gasteiger partial charge in [-0.3, -0.25) is 4.79 Å². The van der Waals surface area contributed by atoms with Crippen molar-refractivity contribution in [3.8, 4) is 0 Å². The van der Waals surface area contributed by atoms with Gasteiger partial charge in [0, 0.05) is 11.6 Å². The van der Waals surface area contributed by atoms with Gasteiger partial charge in [-0.15, -0.1) is 0 Å². The van der Waals surface area contributed by atoms with E-state index >= 15 is 0 Å². The van der Waals surface area contributed by atoms with E-state index in [1.54, 1.807) is 30.3 Å². The van der Waals surface area contributed by atoms with Crippen LogP contribution in [-0.4, -0.2) is 11.0 Å². The van der Waals surface area contributed by atoms with E-state index in [9.17, 15) is 9.18 Å². The first-order valence-electron chi connectivity index (χ1n) is 7.33. The monoisotopic (exact) mass is 301 g/mol. The van der Waals surface area contributed by atoms with Crippen LogP contribution < -0.4 is 5.32 Å². The summed E-state index contributed by atoms with van der Waals surface area (Å²) >= 11 is 0. The SMILES string of the molecule is CC(CCc1cccc(F)c1)C(=O)Nc1cccc(CO)c1. The van der Waals surface area contributed by atoms with E-state index in [2.05, 4.69) is 5.32 Å². The highest BCUT2D eigenvalue weighted by Crippen LogP contribution is 2.15. The standard InChI is InChI=1S/C18H20FNO2/c1-13(8-9-14-4-2-6-16(19)10-14)18(22)20-17-7-3-5-15(11-17)12-21/h2-7,10-11,13,21H,8-9,12H2,1H3,(H,20,22). The fraction of sp³-hybridized carbons (Fsp3) is 0.278. The van der Waals surface area contributed by atoms with Gasteiger partial charge in [0.25, 0.3) is 0 Å². The van der Waals surface area contributed by atoms with E-state index in [-0.39, 0.29) is 24.2 Å². The maximum Gasteiger partial charge on any atom is 0.227 e. The highest BCUT2D eigenvalue weighted by atomic mass is 19.1. The van der Waals surface area contributed by atoms with Gasteiger partial charge in [-0.1, -0.05) is 31.2 Å². The third-order valence-corrected chi connectivity index (χ3v) is 3.58. The molecule has 0 saturated carbocycles. The van der Waals surface area contributed by atoms with Gasteiger partial charge < -0.3 is 10.4 Å². The highest BCUT2D eigenvalue weighted by Gasteiger charge is 2.13. The van der Waals surface area contributed by atoms with E-state index in [4.69, 9.17) is 5.11 Å². The smallest absolute Gasteiger partial charge is 0.227 e. The van der Waals surface area contributed by atoms with Crippen LogP contribution in [0.3, 0.4) is 0 Å². The van der Waals surface area contributed by atoms with E-state index in [1.807, 2.05) is 13.0 Å². The van der Waals surface area contributed by atoms with Crippen LogP contribution >= 0.6 is 0 Å². The average Bonchev–Trinajstić information content (AvgIpc) is 2.52. The van der Waals surface area contributed by atoms with Crippen molar-refractivity contribution in [2.24, 2.45) is 5.92 Å². The van der Waals surface area contributed by atoms with Crippen molar-refractivity contribution >= 4 is 11.6 Å². The Morgan fingerprint density at radius 2 is 1.91 bits per heavy atom. The molecule has 116 valence electrons. The van der Waals surface area contributed by atoms with Crippen LogP contribution in [0.25, 0.3) is 0 Å². The summed E-state index contributed by atoms with van der Waals surface area (Å²) in [6, 6.07) is 13.6. The maximum absolute atomic E-state index is 13.1. The Kier molecular flexibility index (Phi) is 5.67. The first kappa shape index (κ1) is 16.2. The molecule has 1 unspecified atom stereocenters. The molecule has 0 fully saturated rings. The predicted octanol–water partition coefficient (Wildman–Crippen LogP) is 3.53. The molecule has 0 radical (unpaired) electrons. The van der Waals surface area contributed by atoms with Gasteiger partial charge in [0.15, 0.2) is 0 Å². The Morgan fingerprint density at radius 1 is 1.18 bits per heavy atom. The number of rotatable bonds is 6. The van der Waals surface area contributed by atoms with Gasteiger partial charge in [0.2, 0.25) is 5.91 Å². The summed E-state index contributed by atoms with van der Waals surface area (Å²) in [7, 11) is 0. The second-order valence-electron chi connectivity index (χ2n) is 5.42. The molecule has 2 aromatic carbocycles. The van der Waals surface area contributed by atoms with E-state index in [0.29, 0.717) is 18.5 Å². The van der Waals surface area contributed by atoms with Gasteiger partial charge in [-0.05, 0) is 48.2 Å². The molecule has 0 bridgehead atoms. The number of hydrogen-bond donors (Lipinski definition) is 2. The van der Waals surface area contributed by atoms with Crippen LogP contribution in [0.1, 0.15) is 24.5 Å². The lowest BCUT2D eigenvalue weighted by molar-refractivity contribution is -0.119. The van der Waals surface area contributed by atoms with Gasteiger partial charge in [-0.25, -0.2) is 4.39 Å². The second-order valence-corrected chi connectivity index (χ2v) is 5.42. The molecule has 2 rings (SSSR count).